The van der Waals surface area contributed by atoms with Crippen LogP contribution in [-0.2, 0) is 9.53 Å². The van der Waals surface area contributed by atoms with Gasteiger partial charge < -0.3 is 15.2 Å². The highest BCUT2D eigenvalue weighted by molar-refractivity contribution is 5.93. The molecule has 0 aliphatic carbocycles. The fraction of sp³-hybridized carbons (Fsp3) is 0.308. The molecule has 0 aliphatic rings. The first-order valence-corrected chi connectivity index (χ1v) is 5.65. The fourth-order valence-electron chi connectivity index (χ4n) is 1.35. The summed E-state index contributed by atoms with van der Waals surface area (Å²) in [6.07, 6.45) is 1.41. The lowest BCUT2D eigenvalue weighted by Gasteiger charge is -2.08. The lowest BCUT2D eigenvalue weighted by Crippen LogP contribution is -2.14. The van der Waals surface area contributed by atoms with E-state index in [1.165, 1.54) is 24.3 Å². The molecule has 2 N–H and O–H groups in total. The predicted octanol–water partition coefficient (Wildman–Crippen LogP) is 2.09. The Labute approximate surface area is 105 Å². The van der Waals surface area contributed by atoms with E-state index in [-0.39, 0.29) is 12.3 Å². The van der Waals surface area contributed by atoms with E-state index in [0.29, 0.717) is 17.9 Å². The normalized spacial score (nSPS) is 11.2. The SMILES string of the molecule is CCOC(=O)/C(N)=C/c1ccc(F)cc1OCC. The number of carbonyl (C=O) groups is 1. The van der Waals surface area contributed by atoms with Crippen molar-refractivity contribution in [2.75, 3.05) is 13.2 Å². The number of halogens is 1. The molecule has 0 saturated carbocycles. The van der Waals surface area contributed by atoms with Gasteiger partial charge in [-0.05, 0) is 32.1 Å². The predicted molar refractivity (Wildman–Crippen MR) is 66.4 cm³/mol. The molecule has 0 bridgehead atoms. The summed E-state index contributed by atoms with van der Waals surface area (Å²) < 4.78 is 23.1. The molecule has 1 rings (SSSR count). The van der Waals surface area contributed by atoms with Gasteiger partial charge in [0.25, 0.3) is 0 Å². The van der Waals surface area contributed by atoms with Gasteiger partial charge in [0.1, 0.15) is 17.3 Å². The largest absolute Gasteiger partial charge is 0.493 e. The van der Waals surface area contributed by atoms with Crippen LogP contribution in [0.2, 0.25) is 0 Å². The minimum atomic E-state index is -0.607. The Hall–Kier alpha value is -2.04. The minimum Gasteiger partial charge on any atom is -0.493 e. The number of hydrogen-bond donors (Lipinski definition) is 1. The van der Waals surface area contributed by atoms with Gasteiger partial charge in [-0.3, -0.25) is 0 Å². The van der Waals surface area contributed by atoms with Crippen molar-refractivity contribution in [2.24, 2.45) is 5.73 Å². The lowest BCUT2D eigenvalue weighted by molar-refractivity contribution is -0.138. The number of rotatable bonds is 5. The lowest BCUT2D eigenvalue weighted by atomic mass is 10.1. The Bertz CT molecular complexity index is 458. The number of benzene rings is 1. The molecule has 98 valence electrons. The summed E-state index contributed by atoms with van der Waals surface area (Å²) in [5, 5.41) is 0. The van der Waals surface area contributed by atoms with Gasteiger partial charge in [-0.2, -0.15) is 0 Å². The summed E-state index contributed by atoms with van der Waals surface area (Å²) in [5.74, 6) is -0.681. The van der Waals surface area contributed by atoms with Crippen LogP contribution in [0.15, 0.2) is 23.9 Å². The highest BCUT2D eigenvalue weighted by Crippen LogP contribution is 2.22. The average molecular weight is 253 g/mol. The van der Waals surface area contributed by atoms with Crippen LogP contribution in [0.4, 0.5) is 4.39 Å². The standard InChI is InChI=1S/C13H16FNO3/c1-3-17-12-8-10(14)6-5-9(12)7-11(15)13(16)18-4-2/h5-8H,3-4,15H2,1-2H3/b11-7-. The molecule has 0 atom stereocenters. The second-order valence-electron chi connectivity index (χ2n) is 3.44. The smallest absolute Gasteiger partial charge is 0.354 e. The Balaban J connectivity index is 3.01. The van der Waals surface area contributed by atoms with Gasteiger partial charge in [-0.25, -0.2) is 9.18 Å². The number of ether oxygens (including phenoxy) is 2. The molecular formula is C13H16FNO3. The summed E-state index contributed by atoms with van der Waals surface area (Å²) in [7, 11) is 0. The second kappa shape index (κ2) is 6.64. The fourth-order valence-corrected chi connectivity index (χ4v) is 1.35. The van der Waals surface area contributed by atoms with Gasteiger partial charge in [0.2, 0.25) is 0 Å². The number of esters is 1. The van der Waals surface area contributed by atoms with Crippen LogP contribution in [0.5, 0.6) is 5.75 Å². The number of hydrogen-bond acceptors (Lipinski definition) is 4. The molecule has 0 radical (unpaired) electrons. The van der Waals surface area contributed by atoms with E-state index in [2.05, 4.69) is 0 Å². The van der Waals surface area contributed by atoms with Crippen LogP contribution >= 0.6 is 0 Å². The molecule has 1 aromatic carbocycles. The van der Waals surface area contributed by atoms with Crippen LogP contribution in [0.25, 0.3) is 6.08 Å². The zero-order chi connectivity index (χ0) is 13.5. The highest BCUT2D eigenvalue weighted by Gasteiger charge is 2.09. The van der Waals surface area contributed by atoms with Crippen LogP contribution in [0, 0.1) is 5.82 Å². The molecule has 0 aromatic heterocycles. The van der Waals surface area contributed by atoms with Gasteiger partial charge in [-0.1, -0.05) is 0 Å². The third-order valence-electron chi connectivity index (χ3n) is 2.10. The molecule has 5 heteroatoms. The first-order valence-electron chi connectivity index (χ1n) is 5.65. The van der Waals surface area contributed by atoms with E-state index in [1.54, 1.807) is 13.8 Å². The monoisotopic (exact) mass is 253 g/mol. The van der Waals surface area contributed by atoms with Crippen LogP contribution in [-0.4, -0.2) is 19.2 Å². The second-order valence-corrected chi connectivity index (χ2v) is 3.44. The number of nitrogens with two attached hydrogens (primary N) is 1. The first-order chi connectivity index (χ1) is 8.58. The molecule has 0 amide bonds. The third-order valence-corrected chi connectivity index (χ3v) is 2.10. The molecular weight excluding hydrogens is 237 g/mol. The van der Waals surface area contributed by atoms with E-state index in [4.69, 9.17) is 15.2 Å². The van der Waals surface area contributed by atoms with Crippen molar-refractivity contribution in [3.8, 4) is 5.75 Å². The van der Waals surface area contributed by atoms with Crippen LogP contribution in [0.1, 0.15) is 19.4 Å². The van der Waals surface area contributed by atoms with Crippen LogP contribution in [0.3, 0.4) is 0 Å². The topological polar surface area (TPSA) is 61.5 Å². The summed E-state index contributed by atoms with van der Waals surface area (Å²) >= 11 is 0. The molecule has 0 heterocycles. The van der Waals surface area contributed by atoms with E-state index in [1.807, 2.05) is 0 Å². The van der Waals surface area contributed by atoms with Gasteiger partial charge >= 0.3 is 5.97 Å². The van der Waals surface area contributed by atoms with Crippen molar-refractivity contribution >= 4 is 12.0 Å². The average Bonchev–Trinajstić information content (AvgIpc) is 2.33. The van der Waals surface area contributed by atoms with E-state index in [0.717, 1.165) is 0 Å². The molecule has 0 spiro atoms. The van der Waals surface area contributed by atoms with E-state index >= 15 is 0 Å². The highest BCUT2D eigenvalue weighted by atomic mass is 19.1. The molecule has 0 saturated heterocycles. The molecule has 4 nitrogen and oxygen atoms in total. The van der Waals surface area contributed by atoms with E-state index < -0.39 is 11.8 Å². The van der Waals surface area contributed by atoms with Gasteiger partial charge in [0.15, 0.2) is 0 Å². The summed E-state index contributed by atoms with van der Waals surface area (Å²) in [6.45, 7) is 4.11. The Morgan fingerprint density at radius 1 is 1.39 bits per heavy atom. The summed E-state index contributed by atoms with van der Waals surface area (Å²) in [6, 6.07) is 4.01. The zero-order valence-corrected chi connectivity index (χ0v) is 10.4. The van der Waals surface area contributed by atoms with Crippen molar-refractivity contribution in [1.82, 2.24) is 0 Å². The minimum absolute atomic E-state index is 0.0515. The van der Waals surface area contributed by atoms with Crippen molar-refractivity contribution in [2.45, 2.75) is 13.8 Å². The maximum atomic E-state index is 13.1. The van der Waals surface area contributed by atoms with Crippen molar-refractivity contribution < 1.29 is 18.7 Å². The molecule has 0 aliphatic heterocycles. The third kappa shape index (κ3) is 3.76. The van der Waals surface area contributed by atoms with E-state index in [9.17, 15) is 9.18 Å². The Morgan fingerprint density at radius 3 is 2.72 bits per heavy atom. The maximum Gasteiger partial charge on any atom is 0.354 e. The molecule has 18 heavy (non-hydrogen) atoms. The van der Waals surface area contributed by atoms with Crippen molar-refractivity contribution in [3.63, 3.8) is 0 Å². The Morgan fingerprint density at radius 2 is 2.11 bits per heavy atom. The quantitative estimate of drug-likeness (QED) is 0.644. The summed E-state index contributed by atoms with van der Waals surface area (Å²) in [4.78, 5) is 11.4. The summed E-state index contributed by atoms with van der Waals surface area (Å²) in [5.41, 5.74) is 6.06. The first kappa shape index (κ1) is 14.0. The van der Waals surface area contributed by atoms with Gasteiger partial charge in [-0.15, -0.1) is 0 Å². The molecule has 0 unspecified atom stereocenters. The van der Waals surface area contributed by atoms with Crippen molar-refractivity contribution in [3.05, 3.63) is 35.3 Å². The van der Waals surface area contributed by atoms with Gasteiger partial charge in [0.05, 0.1) is 13.2 Å². The molecule has 1 aromatic rings. The van der Waals surface area contributed by atoms with Crippen LogP contribution < -0.4 is 10.5 Å². The van der Waals surface area contributed by atoms with Gasteiger partial charge in [0, 0.05) is 11.6 Å². The Kier molecular flexibility index (Phi) is 5.17. The van der Waals surface area contributed by atoms with Crippen molar-refractivity contribution in [1.29, 1.82) is 0 Å². The zero-order valence-electron chi connectivity index (χ0n) is 10.4. The number of carbonyl (C=O) groups excluding carboxylic acids is 1. The molecule has 0 fully saturated rings. The maximum absolute atomic E-state index is 13.1.